The molecule has 0 bridgehead atoms. The largest absolute Gasteiger partial charge is 0.482 e. The molecule has 0 fully saturated rings. The maximum Gasteiger partial charge on any atom is 0.273 e. The minimum absolute atomic E-state index is 0.0826. The van der Waals surface area contributed by atoms with Crippen molar-refractivity contribution in [1.29, 1.82) is 0 Å². The number of hydrogen-bond acceptors (Lipinski definition) is 4. The van der Waals surface area contributed by atoms with Gasteiger partial charge in [-0.15, -0.1) is 0 Å². The first-order chi connectivity index (χ1) is 8.90. The minimum Gasteiger partial charge on any atom is -0.482 e. The van der Waals surface area contributed by atoms with E-state index < -0.39 is 4.92 Å². The van der Waals surface area contributed by atoms with Crippen molar-refractivity contribution in [2.24, 2.45) is 5.92 Å². The normalized spacial score (nSPS) is 10.3. The molecule has 1 amide bonds. The predicted octanol–water partition coefficient (Wildman–Crippen LogP) is 2.51. The van der Waals surface area contributed by atoms with Crippen LogP contribution >= 0.6 is 15.9 Å². The van der Waals surface area contributed by atoms with Crippen LogP contribution in [0.3, 0.4) is 0 Å². The van der Waals surface area contributed by atoms with Gasteiger partial charge in [-0.2, -0.15) is 0 Å². The summed E-state index contributed by atoms with van der Waals surface area (Å²) in [5.74, 6) is 0.370. The van der Waals surface area contributed by atoms with Crippen LogP contribution in [0.25, 0.3) is 0 Å². The third-order valence-corrected chi connectivity index (χ3v) is 2.85. The molecule has 0 aliphatic carbocycles. The van der Waals surface area contributed by atoms with Gasteiger partial charge in [0, 0.05) is 12.6 Å². The average Bonchev–Trinajstić information content (AvgIpc) is 2.35. The van der Waals surface area contributed by atoms with Crippen LogP contribution in [0.4, 0.5) is 5.69 Å². The Labute approximate surface area is 119 Å². The molecule has 1 aromatic carbocycles. The van der Waals surface area contributed by atoms with E-state index in [1.165, 1.54) is 18.2 Å². The Kier molecular flexibility index (Phi) is 5.75. The first-order valence-corrected chi connectivity index (χ1v) is 6.53. The van der Waals surface area contributed by atoms with Crippen molar-refractivity contribution in [3.8, 4) is 5.75 Å². The van der Waals surface area contributed by atoms with E-state index in [1.807, 2.05) is 13.8 Å². The van der Waals surface area contributed by atoms with Crippen LogP contribution in [0, 0.1) is 16.0 Å². The van der Waals surface area contributed by atoms with Gasteiger partial charge in [0.1, 0.15) is 5.75 Å². The highest BCUT2D eigenvalue weighted by Gasteiger charge is 2.12. The molecule has 0 aliphatic heterocycles. The quantitative estimate of drug-likeness (QED) is 0.641. The van der Waals surface area contributed by atoms with Crippen LogP contribution in [-0.4, -0.2) is 24.0 Å². The number of carbonyl (C=O) groups is 1. The number of hydrogen-bond donors (Lipinski definition) is 1. The highest BCUT2D eigenvalue weighted by Crippen LogP contribution is 2.29. The van der Waals surface area contributed by atoms with Gasteiger partial charge in [-0.25, -0.2) is 0 Å². The van der Waals surface area contributed by atoms with Crippen molar-refractivity contribution in [2.75, 3.05) is 13.2 Å². The van der Waals surface area contributed by atoms with E-state index in [-0.39, 0.29) is 24.0 Å². The second kappa shape index (κ2) is 7.08. The van der Waals surface area contributed by atoms with E-state index in [4.69, 9.17) is 4.74 Å². The summed E-state index contributed by atoms with van der Waals surface area (Å²) < 4.78 is 5.82. The molecular weight excluding hydrogens is 316 g/mol. The van der Waals surface area contributed by atoms with Gasteiger partial charge in [0.2, 0.25) is 0 Å². The molecule has 0 aliphatic rings. The zero-order valence-corrected chi connectivity index (χ0v) is 12.3. The maximum absolute atomic E-state index is 11.5. The summed E-state index contributed by atoms with van der Waals surface area (Å²) in [5.41, 5.74) is -0.0826. The van der Waals surface area contributed by atoms with Gasteiger partial charge >= 0.3 is 0 Å². The third-order valence-electron chi connectivity index (χ3n) is 2.19. The van der Waals surface area contributed by atoms with E-state index in [9.17, 15) is 14.9 Å². The van der Waals surface area contributed by atoms with E-state index in [0.29, 0.717) is 16.9 Å². The molecule has 0 atom stereocenters. The van der Waals surface area contributed by atoms with Gasteiger partial charge in [0.05, 0.1) is 15.5 Å². The van der Waals surface area contributed by atoms with Crippen LogP contribution in [-0.2, 0) is 4.79 Å². The Morgan fingerprint density at radius 2 is 2.21 bits per heavy atom. The average molecular weight is 331 g/mol. The molecule has 1 N–H and O–H groups in total. The fraction of sp³-hybridized carbons (Fsp3) is 0.417. The van der Waals surface area contributed by atoms with Crippen LogP contribution in [0.15, 0.2) is 22.7 Å². The van der Waals surface area contributed by atoms with E-state index in [1.54, 1.807) is 0 Å². The molecule has 0 radical (unpaired) electrons. The summed E-state index contributed by atoms with van der Waals surface area (Å²) in [5, 5.41) is 13.3. The predicted molar refractivity (Wildman–Crippen MR) is 74.1 cm³/mol. The monoisotopic (exact) mass is 330 g/mol. The second-order valence-corrected chi connectivity index (χ2v) is 5.21. The summed E-state index contributed by atoms with van der Waals surface area (Å²) in [7, 11) is 0. The lowest BCUT2D eigenvalue weighted by atomic mass is 10.2. The lowest BCUT2D eigenvalue weighted by Gasteiger charge is -2.10. The molecular formula is C12H15BrN2O4. The highest BCUT2D eigenvalue weighted by molar-refractivity contribution is 9.10. The molecule has 19 heavy (non-hydrogen) atoms. The zero-order valence-electron chi connectivity index (χ0n) is 10.7. The van der Waals surface area contributed by atoms with E-state index in [2.05, 4.69) is 21.2 Å². The Morgan fingerprint density at radius 1 is 1.53 bits per heavy atom. The Hall–Kier alpha value is -1.63. The first-order valence-electron chi connectivity index (χ1n) is 5.73. The molecule has 0 spiro atoms. The van der Waals surface area contributed by atoms with Crippen molar-refractivity contribution in [1.82, 2.24) is 5.32 Å². The van der Waals surface area contributed by atoms with Gasteiger partial charge in [0.25, 0.3) is 11.6 Å². The van der Waals surface area contributed by atoms with E-state index >= 15 is 0 Å². The fourth-order valence-corrected chi connectivity index (χ4v) is 1.59. The van der Waals surface area contributed by atoms with Gasteiger partial charge in [0.15, 0.2) is 6.61 Å². The van der Waals surface area contributed by atoms with Gasteiger partial charge in [-0.05, 0) is 27.9 Å². The fourth-order valence-electron chi connectivity index (χ4n) is 1.23. The Bertz CT molecular complexity index is 477. The van der Waals surface area contributed by atoms with E-state index in [0.717, 1.165) is 0 Å². The number of halogens is 1. The number of benzene rings is 1. The molecule has 7 heteroatoms. The zero-order chi connectivity index (χ0) is 14.4. The lowest BCUT2D eigenvalue weighted by molar-refractivity contribution is -0.385. The van der Waals surface area contributed by atoms with Crippen molar-refractivity contribution in [3.63, 3.8) is 0 Å². The number of amides is 1. The summed E-state index contributed by atoms with van der Waals surface area (Å²) in [4.78, 5) is 21.6. The molecule has 104 valence electrons. The smallest absolute Gasteiger partial charge is 0.273 e. The number of nitro groups is 1. The van der Waals surface area contributed by atoms with Crippen LogP contribution in [0.1, 0.15) is 13.8 Å². The Balaban J connectivity index is 2.59. The number of non-ortho nitro benzene ring substituents is 1. The molecule has 1 rings (SSSR count). The van der Waals surface area contributed by atoms with Crippen molar-refractivity contribution < 1.29 is 14.5 Å². The summed E-state index contributed by atoms with van der Waals surface area (Å²) in [6.07, 6.45) is 0. The van der Waals surface area contributed by atoms with Gasteiger partial charge in [-0.3, -0.25) is 14.9 Å². The van der Waals surface area contributed by atoms with Gasteiger partial charge in [-0.1, -0.05) is 13.8 Å². The topological polar surface area (TPSA) is 81.5 Å². The number of ether oxygens (including phenoxy) is 1. The SMILES string of the molecule is CC(C)CNC(=O)COc1cc([N+](=O)[O-])ccc1Br. The second-order valence-electron chi connectivity index (χ2n) is 4.36. The summed E-state index contributed by atoms with van der Waals surface area (Å²) >= 11 is 3.21. The molecule has 1 aromatic rings. The van der Waals surface area contributed by atoms with Crippen molar-refractivity contribution >= 4 is 27.5 Å². The number of nitrogens with one attached hydrogen (secondary N) is 1. The number of nitro benzene ring substituents is 1. The maximum atomic E-state index is 11.5. The van der Waals surface area contributed by atoms with Crippen LogP contribution in [0.2, 0.25) is 0 Å². The molecule has 0 saturated carbocycles. The molecule has 6 nitrogen and oxygen atoms in total. The summed E-state index contributed by atoms with van der Waals surface area (Å²) in [6.45, 7) is 4.36. The van der Waals surface area contributed by atoms with Crippen molar-refractivity contribution in [3.05, 3.63) is 32.8 Å². The Morgan fingerprint density at radius 3 is 2.79 bits per heavy atom. The standard InChI is InChI=1S/C12H15BrN2O4/c1-8(2)6-14-12(16)7-19-11-5-9(15(17)18)3-4-10(11)13/h3-5,8H,6-7H2,1-2H3,(H,14,16). The number of rotatable bonds is 6. The molecule has 0 heterocycles. The number of carbonyl (C=O) groups excluding carboxylic acids is 1. The lowest BCUT2D eigenvalue weighted by Crippen LogP contribution is -2.31. The minimum atomic E-state index is -0.516. The van der Waals surface area contributed by atoms with Crippen molar-refractivity contribution in [2.45, 2.75) is 13.8 Å². The van der Waals surface area contributed by atoms with Crippen LogP contribution in [0.5, 0.6) is 5.75 Å². The van der Waals surface area contributed by atoms with Crippen LogP contribution < -0.4 is 10.1 Å². The molecule has 0 saturated heterocycles. The number of nitrogens with zero attached hydrogens (tertiary/aromatic N) is 1. The molecule has 0 aromatic heterocycles. The highest BCUT2D eigenvalue weighted by atomic mass is 79.9. The first kappa shape index (κ1) is 15.4. The molecule has 0 unspecified atom stereocenters. The third kappa shape index (κ3) is 5.25. The van der Waals surface area contributed by atoms with Gasteiger partial charge < -0.3 is 10.1 Å². The summed E-state index contributed by atoms with van der Waals surface area (Å²) in [6, 6.07) is 4.15.